The van der Waals surface area contributed by atoms with Gasteiger partial charge in [0.25, 0.3) is 5.91 Å². The number of benzene rings is 2. The number of rotatable bonds is 6. The molecule has 1 aliphatic rings. The van der Waals surface area contributed by atoms with E-state index in [0.29, 0.717) is 0 Å². The molecule has 0 spiro atoms. The molecule has 3 rings (SSSR count). The van der Waals surface area contributed by atoms with Crippen molar-refractivity contribution >= 4 is 28.5 Å². The molecule has 2 aromatic carbocycles. The molecule has 3 nitrogen and oxygen atoms in total. The third-order valence-electron chi connectivity index (χ3n) is 4.70. The second-order valence-corrected chi connectivity index (χ2v) is 7.75. The van der Waals surface area contributed by atoms with Crippen LogP contribution in [0.1, 0.15) is 48.9 Å². The zero-order valence-corrected chi connectivity index (χ0v) is 16.7. The molecule has 2 aromatic rings. The summed E-state index contributed by atoms with van der Waals surface area (Å²) in [5.74, 6) is 0.639. The Morgan fingerprint density at radius 3 is 2.56 bits per heavy atom. The van der Waals surface area contributed by atoms with Crippen LogP contribution in [0.15, 0.2) is 42.5 Å². The number of fused-ring (bicyclic) bond motifs is 1. The van der Waals surface area contributed by atoms with Crippen molar-refractivity contribution in [2.75, 3.05) is 6.61 Å². The van der Waals surface area contributed by atoms with Crippen LogP contribution in [0.5, 0.6) is 5.75 Å². The smallest absolute Gasteiger partial charge is 0.258 e. The molecule has 0 saturated heterocycles. The van der Waals surface area contributed by atoms with E-state index >= 15 is 0 Å². The maximum Gasteiger partial charge on any atom is 0.258 e. The lowest BCUT2D eigenvalue weighted by Crippen LogP contribution is -2.32. The zero-order valence-electron chi connectivity index (χ0n) is 14.6. The second kappa shape index (κ2) is 8.70. The fraction of sp³-hybridized carbons (Fsp3) is 0.381. The molecule has 0 aromatic heterocycles. The van der Waals surface area contributed by atoms with E-state index in [-0.39, 0.29) is 18.6 Å². The summed E-state index contributed by atoms with van der Waals surface area (Å²) < 4.78 is 6.73. The maximum atomic E-state index is 12.3. The minimum absolute atomic E-state index is 0.0417. The quantitative estimate of drug-likeness (QED) is 0.643. The van der Waals surface area contributed by atoms with Crippen molar-refractivity contribution in [3.63, 3.8) is 0 Å². The predicted octanol–water partition coefficient (Wildman–Crippen LogP) is 4.82. The van der Waals surface area contributed by atoms with Crippen LogP contribution >= 0.6 is 22.6 Å². The Kier molecular flexibility index (Phi) is 6.34. The number of aryl methyl sites for hydroxylation is 2. The monoisotopic (exact) mass is 449 g/mol. The molecule has 0 radical (unpaired) electrons. The molecule has 4 heteroatoms. The third-order valence-corrected chi connectivity index (χ3v) is 5.42. The fourth-order valence-corrected chi connectivity index (χ4v) is 3.67. The highest BCUT2D eigenvalue weighted by atomic mass is 127. The molecule has 1 N–H and O–H groups in total. The van der Waals surface area contributed by atoms with E-state index in [2.05, 4.69) is 53.0 Å². The van der Waals surface area contributed by atoms with Gasteiger partial charge >= 0.3 is 0 Å². The molecular weight excluding hydrogens is 425 g/mol. The van der Waals surface area contributed by atoms with Gasteiger partial charge in [-0.05, 0) is 95.7 Å². The first kappa shape index (κ1) is 18.2. The van der Waals surface area contributed by atoms with Crippen molar-refractivity contribution in [1.29, 1.82) is 0 Å². The average Bonchev–Trinajstić information content (AvgIpc) is 2.65. The normalized spacial score (nSPS) is 14.5. The molecule has 1 atom stereocenters. The van der Waals surface area contributed by atoms with Gasteiger partial charge in [-0.25, -0.2) is 0 Å². The van der Waals surface area contributed by atoms with Crippen molar-refractivity contribution in [2.24, 2.45) is 0 Å². The van der Waals surface area contributed by atoms with Crippen LogP contribution in [0, 0.1) is 3.57 Å². The molecule has 1 aliphatic carbocycles. The number of hydrogen-bond donors (Lipinski definition) is 1. The average molecular weight is 449 g/mol. The number of amides is 1. The van der Waals surface area contributed by atoms with Gasteiger partial charge in [-0.3, -0.25) is 4.79 Å². The number of hydrogen-bond acceptors (Lipinski definition) is 2. The third kappa shape index (κ3) is 4.97. The van der Waals surface area contributed by atoms with Crippen LogP contribution in [-0.4, -0.2) is 12.5 Å². The second-order valence-electron chi connectivity index (χ2n) is 6.51. The molecule has 0 aliphatic heterocycles. The van der Waals surface area contributed by atoms with Crippen LogP contribution < -0.4 is 10.1 Å². The summed E-state index contributed by atoms with van der Waals surface area (Å²) in [4.78, 5) is 12.3. The van der Waals surface area contributed by atoms with Crippen molar-refractivity contribution in [3.8, 4) is 5.75 Å². The Hall–Kier alpha value is -1.56. The van der Waals surface area contributed by atoms with E-state index in [0.717, 1.165) is 22.2 Å². The summed E-state index contributed by atoms with van der Waals surface area (Å²) in [6.07, 6.45) is 5.76. The van der Waals surface area contributed by atoms with Gasteiger partial charge in [0.2, 0.25) is 0 Å². The highest BCUT2D eigenvalue weighted by molar-refractivity contribution is 14.1. The summed E-state index contributed by atoms with van der Waals surface area (Å²) in [5, 5.41) is 3.11. The van der Waals surface area contributed by atoms with Gasteiger partial charge in [0.15, 0.2) is 6.61 Å². The Labute approximate surface area is 163 Å². The van der Waals surface area contributed by atoms with Gasteiger partial charge in [0, 0.05) is 3.57 Å². The van der Waals surface area contributed by atoms with Crippen molar-refractivity contribution < 1.29 is 9.53 Å². The molecule has 1 amide bonds. The van der Waals surface area contributed by atoms with Gasteiger partial charge in [-0.1, -0.05) is 25.1 Å². The minimum Gasteiger partial charge on any atom is -0.484 e. The summed E-state index contributed by atoms with van der Waals surface area (Å²) >= 11 is 2.25. The Balaban J connectivity index is 1.59. The van der Waals surface area contributed by atoms with Crippen LogP contribution in [0.3, 0.4) is 0 Å². The predicted molar refractivity (Wildman–Crippen MR) is 109 cm³/mol. The number of nitrogens with one attached hydrogen (secondary N) is 1. The summed E-state index contributed by atoms with van der Waals surface area (Å²) in [5.41, 5.74) is 4.12. The molecule has 25 heavy (non-hydrogen) atoms. The van der Waals surface area contributed by atoms with E-state index in [9.17, 15) is 4.79 Å². The SMILES string of the molecule is CC[C@@H](NC(=O)COc1ccc(I)cc1)c1ccc2c(c1)CCCC2. The largest absolute Gasteiger partial charge is 0.484 e. The molecule has 0 bridgehead atoms. The standard InChI is InChI=1S/C21H24INO2/c1-2-20(17-8-7-15-5-3-4-6-16(15)13-17)23-21(24)14-25-19-11-9-18(22)10-12-19/h7-13,20H,2-6,14H2,1H3,(H,23,24)/t20-/m1/s1. The highest BCUT2D eigenvalue weighted by Gasteiger charge is 2.16. The minimum atomic E-state index is -0.0804. The first-order valence-corrected chi connectivity index (χ1v) is 10.0. The number of carbonyl (C=O) groups is 1. The van der Waals surface area contributed by atoms with Gasteiger partial charge in [0.05, 0.1) is 6.04 Å². The topological polar surface area (TPSA) is 38.3 Å². The van der Waals surface area contributed by atoms with Gasteiger partial charge < -0.3 is 10.1 Å². The van der Waals surface area contributed by atoms with Gasteiger partial charge in [0.1, 0.15) is 5.75 Å². The van der Waals surface area contributed by atoms with Crippen molar-refractivity contribution in [1.82, 2.24) is 5.32 Å². The molecule has 0 fully saturated rings. The van der Waals surface area contributed by atoms with E-state index in [1.54, 1.807) is 0 Å². The lowest BCUT2D eigenvalue weighted by molar-refractivity contribution is -0.123. The maximum absolute atomic E-state index is 12.3. The van der Waals surface area contributed by atoms with Crippen molar-refractivity contribution in [3.05, 3.63) is 62.7 Å². The lowest BCUT2D eigenvalue weighted by Gasteiger charge is -2.21. The zero-order chi connectivity index (χ0) is 17.6. The van der Waals surface area contributed by atoms with Crippen LogP contribution in [0.25, 0.3) is 0 Å². The molecule has 0 unspecified atom stereocenters. The Morgan fingerprint density at radius 2 is 1.84 bits per heavy atom. The number of carbonyl (C=O) groups excluding carboxylic acids is 1. The van der Waals surface area contributed by atoms with E-state index in [4.69, 9.17) is 4.74 Å². The Morgan fingerprint density at radius 1 is 1.12 bits per heavy atom. The van der Waals surface area contributed by atoms with Gasteiger partial charge in [-0.2, -0.15) is 0 Å². The fourth-order valence-electron chi connectivity index (χ4n) is 3.31. The van der Waals surface area contributed by atoms with Crippen LogP contribution in [0.4, 0.5) is 0 Å². The first-order valence-electron chi connectivity index (χ1n) is 8.95. The van der Waals surface area contributed by atoms with E-state index in [1.165, 1.54) is 36.0 Å². The van der Waals surface area contributed by atoms with Crippen molar-refractivity contribution in [2.45, 2.75) is 45.1 Å². The summed E-state index contributed by atoms with van der Waals surface area (Å²) in [6, 6.07) is 14.4. The number of halogens is 1. The first-order chi connectivity index (χ1) is 12.2. The summed E-state index contributed by atoms with van der Waals surface area (Å²) in [7, 11) is 0. The van der Waals surface area contributed by atoms with E-state index in [1.807, 2.05) is 24.3 Å². The molecular formula is C21H24INO2. The highest BCUT2D eigenvalue weighted by Crippen LogP contribution is 2.26. The van der Waals surface area contributed by atoms with Crippen LogP contribution in [-0.2, 0) is 17.6 Å². The van der Waals surface area contributed by atoms with E-state index < -0.39 is 0 Å². The van der Waals surface area contributed by atoms with Crippen LogP contribution in [0.2, 0.25) is 0 Å². The van der Waals surface area contributed by atoms with Gasteiger partial charge in [-0.15, -0.1) is 0 Å². The molecule has 132 valence electrons. The Bertz CT molecular complexity index is 727. The molecule has 0 saturated carbocycles. The molecule has 0 heterocycles. The lowest BCUT2D eigenvalue weighted by atomic mass is 9.89. The number of ether oxygens (including phenoxy) is 1. The summed E-state index contributed by atoms with van der Waals surface area (Å²) in [6.45, 7) is 2.15.